The molecule has 0 aromatic carbocycles. The first kappa shape index (κ1) is 11.8. The lowest BCUT2D eigenvalue weighted by atomic mass is 10.1. The van der Waals surface area contributed by atoms with E-state index in [-0.39, 0.29) is 5.78 Å². The maximum atomic E-state index is 12.1. The summed E-state index contributed by atoms with van der Waals surface area (Å²) in [5.41, 5.74) is 2.94. The van der Waals surface area contributed by atoms with Crippen molar-refractivity contribution in [1.82, 2.24) is 4.98 Å². The number of hydrogen-bond donors (Lipinski definition) is 0. The topological polar surface area (TPSA) is 30.0 Å². The van der Waals surface area contributed by atoms with Gasteiger partial charge in [-0.1, -0.05) is 19.9 Å². The van der Waals surface area contributed by atoms with Crippen molar-refractivity contribution in [1.29, 1.82) is 0 Å². The molecule has 1 aliphatic rings. The first-order valence-corrected chi connectivity index (χ1v) is 6.03. The zero-order valence-corrected chi connectivity index (χ0v) is 10.3. The van der Waals surface area contributed by atoms with Crippen LogP contribution >= 0.6 is 0 Å². The van der Waals surface area contributed by atoms with Gasteiger partial charge in [0.1, 0.15) is 0 Å². The molecule has 88 valence electrons. The molecule has 2 heteroatoms. The number of nitrogens with zero attached hydrogens (tertiary/aromatic N) is 1. The highest BCUT2D eigenvalue weighted by atomic mass is 16.1. The molecular weight excluding hydrogens is 210 g/mol. The van der Waals surface area contributed by atoms with Crippen LogP contribution < -0.4 is 0 Å². The number of carbonyl (C=O) groups excluding carboxylic acids is 1. The first-order valence-electron chi connectivity index (χ1n) is 6.03. The summed E-state index contributed by atoms with van der Waals surface area (Å²) in [7, 11) is 0. The molecule has 1 saturated carbocycles. The molecule has 2 rings (SSSR count). The fourth-order valence-electron chi connectivity index (χ4n) is 2.06. The molecule has 1 heterocycles. The van der Waals surface area contributed by atoms with E-state index < -0.39 is 0 Å². The average molecular weight is 227 g/mol. The molecule has 0 amide bonds. The highest BCUT2D eigenvalue weighted by molar-refractivity contribution is 6.13. The smallest absolute Gasteiger partial charge is 0.184 e. The number of allylic oxidation sites excluding steroid dienone is 3. The monoisotopic (exact) mass is 227 g/mol. The van der Waals surface area contributed by atoms with Crippen molar-refractivity contribution in [3.63, 3.8) is 0 Å². The van der Waals surface area contributed by atoms with Gasteiger partial charge in [-0.2, -0.15) is 0 Å². The van der Waals surface area contributed by atoms with E-state index >= 15 is 0 Å². The number of hydrogen-bond acceptors (Lipinski definition) is 2. The lowest BCUT2D eigenvalue weighted by molar-refractivity contribution is -0.111. The summed E-state index contributed by atoms with van der Waals surface area (Å²) in [4.78, 5) is 16.1. The normalized spacial score (nSPS) is 20.8. The van der Waals surface area contributed by atoms with Crippen molar-refractivity contribution >= 4 is 11.9 Å². The molecule has 0 saturated heterocycles. The van der Waals surface area contributed by atoms with E-state index in [4.69, 9.17) is 0 Å². The average Bonchev–Trinajstić information content (AvgIpc) is 2.62. The third-order valence-corrected chi connectivity index (χ3v) is 2.83. The minimum absolute atomic E-state index is 0.218. The van der Waals surface area contributed by atoms with Gasteiger partial charge < -0.3 is 0 Å². The minimum Gasteiger partial charge on any atom is -0.289 e. The van der Waals surface area contributed by atoms with Crippen LogP contribution in [-0.4, -0.2) is 10.8 Å². The largest absolute Gasteiger partial charge is 0.289 e. The molecule has 0 radical (unpaired) electrons. The summed E-state index contributed by atoms with van der Waals surface area (Å²) in [6.07, 6.45) is 9.29. The van der Waals surface area contributed by atoms with Crippen LogP contribution in [0.5, 0.6) is 0 Å². The quantitative estimate of drug-likeness (QED) is 0.725. The van der Waals surface area contributed by atoms with Crippen molar-refractivity contribution in [2.75, 3.05) is 0 Å². The fraction of sp³-hybridized carbons (Fsp3) is 0.333. The molecule has 1 fully saturated rings. The number of carbonyl (C=O) groups is 1. The van der Waals surface area contributed by atoms with Crippen molar-refractivity contribution in [3.8, 4) is 0 Å². The SMILES string of the molecule is CC(C)/C=C1\CC/C(=C\c2ccncc2)C1=O. The first-order chi connectivity index (χ1) is 8.16. The Morgan fingerprint density at radius 3 is 2.47 bits per heavy atom. The second-order valence-corrected chi connectivity index (χ2v) is 4.72. The van der Waals surface area contributed by atoms with Crippen LogP contribution in [0.3, 0.4) is 0 Å². The van der Waals surface area contributed by atoms with Crippen LogP contribution in [-0.2, 0) is 4.79 Å². The molecule has 0 N–H and O–H groups in total. The molecule has 1 aromatic heterocycles. The van der Waals surface area contributed by atoms with E-state index in [0.29, 0.717) is 5.92 Å². The lowest BCUT2D eigenvalue weighted by Gasteiger charge is -1.98. The van der Waals surface area contributed by atoms with Crippen LogP contribution in [0, 0.1) is 5.92 Å². The summed E-state index contributed by atoms with van der Waals surface area (Å²) < 4.78 is 0. The molecule has 0 aliphatic heterocycles. The maximum Gasteiger partial charge on any atom is 0.184 e. The van der Waals surface area contributed by atoms with Crippen molar-refractivity contribution < 1.29 is 4.79 Å². The Hall–Kier alpha value is -1.70. The predicted octanol–water partition coefficient (Wildman–Crippen LogP) is 3.41. The number of pyridine rings is 1. The van der Waals surface area contributed by atoms with E-state index in [9.17, 15) is 4.79 Å². The Bertz CT molecular complexity index is 469. The summed E-state index contributed by atoms with van der Waals surface area (Å²) in [5.74, 6) is 0.657. The van der Waals surface area contributed by atoms with E-state index in [2.05, 4.69) is 24.9 Å². The van der Waals surface area contributed by atoms with Crippen molar-refractivity contribution in [2.24, 2.45) is 5.92 Å². The number of aromatic nitrogens is 1. The van der Waals surface area contributed by atoms with E-state index in [0.717, 1.165) is 29.6 Å². The fourth-order valence-corrected chi connectivity index (χ4v) is 2.06. The summed E-state index contributed by atoms with van der Waals surface area (Å²) in [5, 5.41) is 0. The van der Waals surface area contributed by atoms with Crippen LogP contribution in [0.1, 0.15) is 32.3 Å². The Morgan fingerprint density at radius 1 is 1.18 bits per heavy atom. The highest BCUT2D eigenvalue weighted by Crippen LogP contribution is 2.28. The standard InChI is InChI=1S/C15H17NO/c1-11(2)9-13-3-4-14(15(13)17)10-12-5-7-16-8-6-12/h5-11H,3-4H2,1-2H3/b13-9+,14-10+. The third kappa shape index (κ3) is 2.90. The Balaban J connectivity index is 2.21. The summed E-state index contributed by atoms with van der Waals surface area (Å²) in [6.45, 7) is 4.20. The molecule has 0 unspecified atom stereocenters. The second kappa shape index (κ2) is 5.09. The van der Waals surface area contributed by atoms with Gasteiger partial charge in [0, 0.05) is 18.0 Å². The van der Waals surface area contributed by atoms with Crippen molar-refractivity contribution in [2.45, 2.75) is 26.7 Å². The number of Topliss-reactive ketones (excluding diaryl/α,β-unsaturated/α-hetero) is 1. The van der Waals surface area contributed by atoms with Gasteiger partial charge in [0.25, 0.3) is 0 Å². The van der Waals surface area contributed by atoms with Gasteiger partial charge in [-0.05, 0) is 48.1 Å². The Morgan fingerprint density at radius 2 is 1.82 bits per heavy atom. The van der Waals surface area contributed by atoms with Gasteiger partial charge in [0.05, 0.1) is 0 Å². The van der Waals surface area contributed by atoms with E-state index in [1.165, 1.54) is 0 Å². The molecule has 17 heavy (non-hydrogen) atoms. The Labute approximate surface area is 102 Å². The Kier molecular flexibility index (Phi) is 3.52. The van der Waals surface area contributed by atoms with Gasteiger partial charge in [-0.3, -0.25) is 9.78 Å². The van der Waals surface area contributed by atoms with Gasteiger partial charge in [0.2, 0.25) is 0 Å². The van der Waals surface area contributed by atoms with Gasteiger partial charge in [-0.25, -0.2) is 0 Å². The zero-order chi connectivity index (χ0) is 12.3. The maximum absolute atomic E-state index is 12.1. The van der Waals surface area contributed by atoms with Crippen LogP contribution in [0.15, 0.2) is 41.7 Å². The number of ketones is 1. The van der Waals surface area contributed by atoms with Gasteiger partial charge in [0.15, 0.2) is 5.78 Å². The van der Waals surface area contributed by atoms with Gasteiger partial charge >= 0.3 is 0 Å². The van der Waals surface area contributed by atoms with E-state index in [1.54, 1.807) is 12.4 Å². The third-order valence-electron chi connectivity index (χ3n) is 2.83. The predicted molar refractivity (Wildman–Crippen MR) is 69.4 cm³/mol. The van der Waals surface area contributed by atoms with Gasteiger partial charge in [-0.15, -0.1) is 0 Å². The van der Waals surface area contributed by atoms with Crippen LogP contribution in [0.25, 0.3) is 6.08 Å². The molecule has 2 nitrogen and oxygen atoms in total. The number of rotatable bonds is 2. The zero-order valence-electron chi connectivity index (χ0n) is 10.3. The van der Waals surface area contributed by atoms with Crippen LogP contribution in [0.4, 0.5) is 0 Å². The summed E-state index contributed by atoms with van der Waals surface area (Å²) in [6, 6.07) is 3.84. The second-order valence-electron chi connectivity index (χ2n) is 4.72. The molecule has 0 atom stereocenters. The van der Waals surface area contributed by atoms with Crippen LogP contribution in [0.2, 0.25) is 0 Å². The summed E-state index contributed by atoms with van der Waals surface area (Å²) >= 11 is 0. The lowest BCUT2D eigenvalue weighted by Crippen LogP contribution is -1.97. The molecule has 1 aromatic rings. The molecular formula is C15H17NO. The highest BCUT2D eigenvalue weighted by Gasteiger charge is 2.22. The minimum atomic E-state index is 0.218. The molecule has 0 spiro atoms. The molecule has 1 aliphatic carbocycles. The molecule has 0 bridgehead atoms. The van der Waals surface area contributed by atoms with E-state index in [1.807, 2.05) is 18.2 Å². The van der Waals surface area contributed by atoms with Crippen molar-refractivity contribution in [3.05, 3.63) is 47.3 Å².